The van der Waals surface area contributed by atoms with E-state index in [1.807, 2.05) is 19.9 Å². The number of carboxylic acid groups (broad SMARTS) is 2. The van der Waals surface area contributed by atoms with Gasteiger partial charge in [0.15, 0.2) is 0 Å². The van der Waals surface area contributed by atoms with Crippen LogP contribution in [0.5, 0.6) is 0 Å². The topological polar surface area (TPSA) is 168 Å². The number of carbonyl (C=O) groups excluding carboxylic acids is 3. The van der Waals surface area contributed by atoms with Crippen LogP contribution in [0.4, 0.5) is 24.3 Å². The maximum absolute atomic E-state index is 15.3. The molecule has 1 fully saturated rings. The molecule has 0 radical (unpaired) electrons. The van der Waals surface area contributed by atoms with Crippen LogP contribution >= 0.6 is 11.3 Å². The highest BCUT2D eigenvalue weighted by atomic mass is 32.1. The third-order valence-corrected chi connectivity index (χ3v) is 11.6. The van der Waals surface area contributed by atoms with Gasteiger partial charge in [-0.15, -0.1) is 11.3 Å². The van der Waals surface area contributed by atoms with E-state index in [0.717, 1.165) is 53.0 Å². The zero-order valence-corrected chi connectivity index (χ0v) is 32.6. The number of nitrogens with zero attached hydrogens (tertiary/aromatic N) is 2. The average molecular weight is 802 g/mol. The van der Waals surface area contributed by atoms with Crippen LogP contribution in [0.3, 0.4) is 0 Å². The van der Waals surface area contributed by atoms with E-state index in [-0.39, 0.29) is 54.2 Å². The summed E-state index contributed by atoms with van der Waals surface area (Å²) in [5.74, 6) is -4.69. The van der Waals surface area contributed by atoms with Crippen LogP contribution in [0.15, 0.2) is 60.7 Å². The van der Waals surface area contributed by atoms with Crippen molar-refractivity contribution in [1.82, 2.24) is 15.1 Å². The molecule has 5 N–H and O–H groups in total. The molecule has 15 heteroatoms. The standard InChI is InChI=1S/C42H45F2N5O7S/c1-42(2)24-48(41(56)45-17-16-35(50)51)18-19-49(42)23-26-6-5-7-28(20-26)37(52)47-39-36(31-8-3-4-9-34(31)57-39)38(53)46-29-21-32(43)30(33(44)22-29)15-12-25-10-13-27(14-11-25)40(54)55/h5-7,10-11,13-14,20-22H,3-4,8-9,12,15-19,23-24H2,1-2H3,(H,45,56)(H,46,53)(H,47,52)(H,50,51)(H,54,55). The van der Waals surface area contributed by atoms with Gasteiger partial charge in [0.05, 0.1) is 17.5 Å². The van der Waals surface area contributed by atoms with Gasteiger partial charge in [0.25, 0.3) is 11.8 Å². The number of carbonyl (C=O) groups is 5. The number of fused-ring (bicyclic) bond motifs is 1. The molecule has 4 aromatic rings. The first-order chi connectivity index (χ1) is 27.2. The number of piperazine rings is 1. The van der Waals surface area contributed by atoms with E-state index >= 15 is 8.78 Å². The Morgan fingerprint density at radius 1 is 0.825 bits per heavy atom. The molecule has 1 aliphatic carbocycles. The van der Waals surface area contributed by atoms with Gasteiger partial charge in [-0.05, 0) is 105 Å². The number of thiophene rings is 1. The second-order valence-corrected chi connectivity index (χ2v) is 16.1. The molecule has 3 aromatic carbocycles. The Morgan fingerprint density at radius 2 is 1.54 bits per heavy atom. The lowest BCUT2D eigenvalue weighted by atomic mass is 9.95. The maximum Gasteiger partial charge on any atom is 0.335 e. The fourth-order valence-corrected chi connectivity index (χ4v) is 8.62. The van der Waals surface area contributed by atoms with Crippen molar-refractivity contribution in [1.29, 1.82) is 0 Å². The number of aliphatic carboxylic acids is 1. The number of urea groups is 1. The van der Waals surface area contributed by atoms with Crippen molar-refractivity contribution in [3.05, 3.63) is 116 Å². The number of aryl methyl sites for hydroxylation is 2. The number of hydrogen-bond acceptors (Lipinski definition) is 7. The number of carboxylic acids is 2. The number of aromatic carboxylic acids is 1. The average Bonchev–Trinajstić information content (AvgIpc) is 3.53. The normalized spacial score (nSPS) is 15.1. The molecule has 0 saturated carbocycles. The lowest BCUT2D eigenvalue weighted by molar-refractivity contribution is -0.136. The quantitative estimate of drug-likeness (QED) is 0.0966. The summed E-state index contributed by atoms with van der Waals surface area (Å²) in [5, 5.41) is 26.6. The summed E-state index contributed by atoms with van der Waals surface area (Å²) < 4.78 is 30.5. The smallest absolute Gasteiger partial charge is 0.335 e. The predicted octanol–water partition coefficient (Wildman–Crippen LogP) is 6.97. The van der Waals surface area contributed by atoms with E-state index in [0.29, 0.717) is 43.2 Å². The van der Waals surface area contributed by atoms with E-state index in [9.17, 15) is 24.0 Å². The Morgan fingerprint density at radius 3 is 2.23 bits per heavy atom. The zero-order chi connectivity index (χ0) is 40.9. The van der Waals surface area contributed by atoms with E-state index in [4.69, 9.17) is 10.2 Å². The van der Waals surface area contributed by atoms with Gasteiger partial charge >= 0.3 is 18.0 Å². The number of halogens is 2. The highest BCUT2D eigenvalue weighted by molar-refractivity contribution is 7.17. The molecule has 1 aromatic heterocycles. The lowest BCUT2D eigenvalue weighted by Crippen LogP contribution is -2.61. The van der Waals surface area contributed by atoms with E-state index in [2.05, 4.69) is 20.9 Å². The van der Waals surface area contributed by atoms with Crippen molar-refractivity contribution in [2.24, 2.45) is 0 Å². The molecule has 2 aliphatic rings. The van der Waals surface area contributed by atoms with Crippen molar-refractivity contribution in [3.8, 4) is 0 Å². The minimum Gasteiger partial charge on any atom is -0.481 e. The Hall–Kier alpha value is -5.67. The monoisotopic (exact) mass is 801 g/mol. The third kappa shape index (κ3) is 10.0. The van der Waals surface area contributed by atoms with Gasteiger partial charge in [-0.25, -0.2) is 18.4 Å². The number of rotatable bonds is 13. The molecule has 0 bridgehead atoms. The Bertz CT molecular complexity index is 2170. The molecule has 300 valence electrons. The minimum absolute atomic E-state index is 0.0262. The molecule has 2 heterocycles. The van der Waals surface area contributed by atoms with Gasteiger partial charge in [-0.1, -0.05) is 24.3 Å². The van der Waals surface area contributed by atoms with Crippen molar-refractivity contribution in [2.75, 3.05) is 36.8 Å². The molecule has 1 aliphatic heterocycles. The predicted molar refractivity (Wildman–Crippen MR) is 212 cm³/mol. The number of amides is 4. The fourth-order valence-electron chi connectivity index (χ4n) is 7.34. The summed E-state index contributed by atoms with van der Waals surface area (Å²) in [6, 6.07) is 15.1. The molecular weight excluding hydrogens is 757 g/mol. The Kier molecular flexibility index (Phi) is 12.7. The van der Waals surface area contributed by atoms with Crippen LogP contribution in [0.2, 0.25) is 0 Å². The summed E-state index contributed by atoms with van der Waals surface area (Å²) in [6.07, 6.45) is 3.32. The second kappa shape index (κ2) is 17.6. The third-order valence-electron chi connectivity index (χ3n) is 10.4. The Labute approximate surface area is 332 Å². The first-order valence-electron chi connectivity index (χ1n) is 18.8. The summed E-state index contributed by atoms with van der Waals surface area (Å²) in [4.78, 5) is 67.1. The SMILES string of the molecule is CC1(C)CN(C(=O)NCCC(=O)O)CCN1Cc1cccc(C(=O)Nc2sc3c(c2C(=O)Nc2cc(F)c(CCc4ccc(C(=O)O)cc4)c(F)c2)CCCC3)c1. The largest absolute Gasteiger partial charge is 0.481 e. The molecule has 0 atom stereocenters. The van der Waals surface area contributed by atoms with Crippen molar-refractivity contribution in [3.63, 3.8) is 0 Å². The summed E-state index contributed by atoms with van der Waals surface area (Å²) >= 11 is 1.33. The first kappa shape index (κ1) is 41.0. The molecule has 57 heavy (non-hydrogen) atoms. The molecular formula is C42H45F2N5O7S. The van der Waals surface area contributed by atoms with Crippen molar-refractivity contribution in [2.45, 2.75) is 70.9 Å². The van der Waals surface area contributed by atoms with Crippen LogP contribution in [0.1, 0.15) is 91.3 Å². The zero-order valence-electron chi connectivity index (χ0n) is 31.8. The van der Waals surface area contributed by atoms with Gasteiger partial charge < -0.3 is 31.1 Å². The number of anilines is 2. The molecule has 4 amide bonds. The maximum atomic E-state index is 15.3. The fraction of sp³-hybridized carbons (Fsp3) is 0.357. The van der Waals surface area contributed by atoms with Crippen LogP contribution in [-0.4, -0.2) is 81.5 Å². The number of hydrogen-bond donors (Lipinski definition) is 5. The van der Waals surface area contributed by atoms with Crippen molar-refractivity contribution < 1.29 is 43.0 Å². The van der Waals surface area contributed by atoms with Crippen LogP contribution < -0.4 is 16.0 Å². The van der Waals surface area contributed by atoms with Gasteiger partial charge in [0, 0.05) is 60.0 Å². The second-order valence-electron chi connectivity index (χ2n) is 15.0. The van der Waals surface area contributed by atoms with Crippen LogP contribution in [0.25, 0.3) is 0 Å². The molecule has 12 nitrogen and oxygen atoms in total. The van der Waals surface area contributed by atoms with E-state index < -0.39 is 40.9 Å². The van der Waals surface area contributed by atoms with Gasteiger partial charge in [0.1, 0.15) is 16.6 Å². The van der Waals surface area contributed by atoms with E-state index in [1.165, 1.54) is 23.5 Å². The first-order valence-corrected chi connectivity index (χ1v) is 19.7. The van der Waals surface area contributed by atoms with Gasteiger partial charge in [-0.2, -0.15) is 0 Å². The molecule has 6 rings (SSSR count). The minimum atomic E-state index is -1.06. The van der Waals surface area contributed by atoms with Crippen LogP contribution in [-0.2, 0) is 37.0 Å². The summed E-state index contributed by atoms with van der Waals surface area (Å²) in [5.41, 5.74) is 2.57. The number of nitrogens with one attached hydrogen (secondary N) is 3. The highest BCUT2D eigenvalue weighted by Gasteiger charge is 2.36. The van der Waals surface area contributed by atoms with E-state index in [1.54, 1.807) is 35.2 Å². The van der Waals surface area contributed by atoms with Gasteiger partial charge in [0.2, 0.25) is 0 Å². The molecule has 0 unspecified atom stereocenters. The lowest BCUT2D eigenvalue weighted by Gasteiger charge is -2.47. The summed E-state index contributed by atoms with van der Waals surface area (Å²) in [6.45, 7) is 6.05. The Balaban J connectivity index is 1.12. The number of benzene rings is 3. The van der Waals surface area contributed by atoms with Crippen LogP contribution in [0, 0.1) is 11.6 Å². The highest BCUT2D eigenvalue weighted by Crippen LogP contribution is 2.39. The summed E-state index contributed by atoms with van der Waals surface area (Å²) in [7, 11) is 0. The van der Waals surface area contributed by atoms with Gasteiger partial charge in [-0.3, -0.25) is 19.3 Å². The molecule has 0 spiro atoms. The van der Waals surface area contributed by atoms with Crippen molar-refractivity contribution >= 4 is 51.8 Å². The molecule has 1 saturated heterocycles.